The molecule has 1 aromatic carbocycles. The minimum atomic E-state index is -1.73. The van der Waals surface area contributed by atoms with Crippen LogP contribution in [0.25, 0.3) is 22.4 Å². The Balaban J connectivity index is 2.07. The quantitative estimate of drug-likeness (QED) is 0.634. The van der Waals surface area contributed by atoms with E-state index in [1.807, 2.05) is 30.3 Å². The number of aromatic nitrogens is 3. The highest BCUT2D eigenvalue weighted by molar-refractivity contribution is 6.66. The highest BCUT2D eigenvalue weighted by Crippen LogP contribution is 2.37. The van der Waals surface area contributed by atoms with Gasteiger partial charge in [-0.15, -0.1) is 0 Å². The Hall–Kier alpha value is -1.36. The van der Waals surface area contributed by atoms with Crippen molar-refractivity contribution in [3.05, 3.63) is 42.3 Å². The number of rotatable bonds is 1. The summed E-state index contributed by atoms with van der Waals surface area (Å²) in [5.41, 5.74) is 1.39. The molecule has 0 amide bonds. The van der Waals surface area contributed by atoms with Crippen molar-refractivity contribution in [1.29, 1.82) is 0 Å². The maximum absolute atomic E-state index is 5.67. The van der Waals surface area contributed by atoms with Crippen LogP contribution >= 0.6 is 34.8 Å². The lowest BCUT2D eigenvalue weighted by Gasteiger charge is -2.01. The van der Waals surface area contributed by atoms with Crippen molar-refractivity contribution in [1.82, 2.24) is 15.1 Å². The molecule has 7 heteroatoms. The summed E-state index contributed by atoms with van der Waals surface area (Å²) >= 11 is 17.0. The molecule has 3 rings (SSSR count). The Bertz CT molecular complexity index is 736. The van der Waals surface area contributed by atoms with Crippen molar-refractivity contribution in [3.8, 4) is 11.5 Å². The summed E-state index contributed by atoms with van der Waals surface area (Å²) in [5, 5.41) is 4.78. The lowest BCUT2D eigenvalue weighted by atomic mass is 10.2. The molecule has 0 aliphatic carbocycles. The van der Waals surface area contributed by atoms with Gasteiger partial charge in [0.1, 0.15) is 5.69 Å². The Labute approximate surface area is 123 Å². The van der Waals surface area contributed by atoms with Gasteiger partial charge in [0.2, 0.25) is 5.82 Å². The third kappa shape index (κ3) is 2.52. The molecule has 0 atom stereocenters. The van der Waals surface area contributed by atoms with Gasteiger partial charge in [0.15, 0.2) is 0 Å². The fraction of sp³-hybridized carbons (Fsp3) is 0.0833. The third-order valence-electron chi connectivity index (χ3n) is 2.50. The summed E-state index contributed by atoms with van der Waals surface area (Å²) in [6.07, 6.45) is 0. The van der Waals surface area contributed by atoms with Crippen molar-refractivity contribution in [2.45, 2.75) is 3.79 Å². The van der Waals surface area contributed by atoms with E-state index in [0.717, 1.165) is 10.9 Å². The summed E-state index contributed by atoms with van der Waals surface area (Å²) in [7, 11) is 0. The molecule has 0 spiro atoms. The molecule has 2 aromatic heterocycles. The fourth-order valence-corrected chi connectivity index (χ4v) is 1.86. The number of benzene rings is 1. The van der Waals surface area contributed by atoms with Crippen LogP contribution in [-0.4, -0.2) is 15.1 Å². The number of nitrogens with zero attached hydrogens (tertiary/aromatic N) is 3. The van der Waals surface area contributed by atoms with Gasteiger partial charge in [0.05, 0.1) is 5.52 Å². The lowest BCUT2D eigenvalue weighted by Crippen LogP contribution is -2.00. The summed E-state index contributed by atoms with van der Waals surface area (Å²) < 4.78 is 3.16. The molecule has 96 valence electrons. The van der Waals surface area contributed by atoms with Crippen LogP contribution < -0.4 is 0 Å². The van der Waals surface area contributed by atoms with Gasteiger partial charge < -0.3 is 4.52 Å². The molecule has 0 aliphatic heterocycles. The van der Waals surface area contributed by atoms with E-state index in [4.69, 9.17) is 39.3 Å². The SMILES string of the molecule is ClC(Cl)(Cl)c1nc(-c2ccc3ccccc3n2)no1. The van der Waals surface area contributed by atoms with Gasteiger partial charge in [0, 0.05) is 5.39 Å². The maximum Gasteiger partial charge on any atom is 0.279 e. The number of para-hydroxylation sites is 1. The third-order valence-corrected chi connectivity index (χ3v) is 2.98. The second-order valence-electron chi connectivity index (χ2n) is 3.81. The van der Waals surface area contributed by atoms with Crippen LogP contribution in [0.3, 0.4) is 0 Å². The summed E-state index contributed by atoms with van der Waals surface area (Å²) in [6.45, 7) is 0. The molecule has 0 unspecified atom stereocenters. The maximum atomic E-state index is 5.67. The van der Waals surface area contributed by atoms with E-state index in [2.05, 4.69) is 15.1 Å². The molecule has 0 N–H and O–H groups in total. The van der Waals surface area contributed by atoms with Gasteiger partial charge in [0.25, 0.3) is 9.68 Å². The highest BCUT2D eigenvalue weighted by Gasteiger charge is 2.31. The second kappa shape index (κ2) is 4.63. The zero-order valence-electron chi connectivity index (χ0n) is 9.35. The zero-order chi connectivity index (χ0) is 13.5. The van der Waals surface area contributed by atoms with Gasteiger partial charge in [-0.3, -0.25) is 0 Å². The van der Waals surface area contributed by atoms with Gasteiger partial charge >= 0.3 is 0 Å². The first-order valence-corrected chi connectivity index (χ1v) is 6.44. The first-order valence-electron chi connectivity index (χ1n) is 5.31. The van der Waals surface area contributed by atoms with Crippen LogP contribution in [0.4, 0.5) is 0 Å². The summed E-state index contributed by atoms with van der Waals surface area (Å²) in [6, 6.07) is 11.4. The average Bonchev–Trinajstić information content (AvgIpc) is 2.87. The number of hydrogen-bond donors (Lipinski definition) is 0. The number of pyridine rings is 1. The molecule has 0 bridgehead atoms. The standard InChI is InChI=1S/C12H6Cl3N3O/c13-12(14,15)11-17-10(18-19-11)9-6-5-7-3-1-2-4-8(7)16-9/h1-6H. The van der Waals surface area contributed by atoms with E-state index in [1.165, 1.54) is 0 Å². The first kappa shape index (κ1) is 12.7. The number of halogens is 3. The van der Waals surface area contributed by atoms with Crippen LogP contribution in [0, 0.1) is 0 Å². The van der Waals surface area contributed by atoms with Crippen LogP contribution in [0.15, 0.2) is 40.9 Å². The van der Waals surface area contributed by atoms with Gasteiger partial charge in [-0.25, -0.2) is 4.98 Å². The molecule has 0 radical (unpaired) electrons. The van der Waals surface area contributed by atoms with Crippen LogP contribution in [0.5, 0.6) is 0 Å². The van der Waals surface area contributed by atoms with Crippen molar-refractivity contribution in [2.24, 2.45) is 0 Å². The first-order chi connectivity index (χ1) is 9.04. The molecule has 19 heavy (non-hydrogen) atoms. The van der Waals surface area contributed by atoms with E-state index >= 15 is 0 Å². The summed E-state index contributed by atoms with van der Waals surface area (Å²) in [4.78, 5) is 8.45. The van der Waals surface area contributed by atoms with Gasteiger partial charge in [-0.05, 0) is 12.1 Å². The van der Waals surface area contributed by atoms with E-state index in [9.17, 15) is 0 Å². The van der Waals surface area contributed by atoms with Crippen molar-refractivity contribution in [2.75, 3.05) is 0 Å². The predicted octanol–water partition coefficient (Wildman–Crippen LogP) is 4.11. The molecule has 0 fully saturated rings. The zero-order valence-corrected chi connectivity index (χ0v) is 11.6. The average molecular weight is 315 g/mol. The van der Waals surface area contributed by atoms with E-state index < -0.39 is 3.79 Å². The smallest absolute Gasteiger partial charge is 0.279 e. The Morgan fingerprint density at radius 1 is 0.947 bits per heavy atom. The number of alkyl halides is 3. The Morgan fingerprint density at radius 2 is 1.74 bits per heavy atom. The molecular formula is C12H6Cl3N3O. The van der Waals surface area contributed by atoms with E-state index in [-0.39, 0.29) is 11.7 Å². The van der Waals surface area contributed by atoms with E-state index in [1.54, 1.807) is 6.07 Å². The summed E-state index contributed by atoms with van der Waals surface area (Å²) in [5.74, 6) is 0.203. The normalized spacial score (nSPS) is 11.9. The van der Waals surface area contributed by atoms with Crippen LogP contribution in [0.1, 0.15) is 5.89 Å². The fourth-order valence-electron chi connectivity index (χ4n) is 1.63. The van der Waals surface area contributed by atoms with Crippen molar-refractivity contribution < 1.29 is 4.52 Å². The largest absolute Gasteiger partial charge is 0.334 e. The second-order valence-corrected chi connectivity index (χ2v) is 6.09. The Morgan fingerprint density at radius 3 is 2.47 bits per heavy atom. The lowest BCUT2D eigenvalue weighted by molar-refractivity contribution is 0.383. The molecule has 4 nitrogen and oxygen atoms in total. The minimum absolute atomic E-state index is 0.0811. The van der Waals surface area contributed by atoms with Crippen LogP contribution in [0.2, 0.25) is 0 Å². The van der Waals surface area contributed by atoms with Crippen molar-refractivity contribution in [3.63, 3.8) is 0 Å². The monoisotopic (exact) mass is 313 g/mol. The number of hydrogen-bond acceptors (Lipinski definition) is 4. The van der Waals surface area contributed by atoms with Gasteiger partial charge in [-0.2, -0.15) is 4.98 Å². The Kier molecular flexibility index (Phi) is 3.09. The van der Waals surface area contributed by atoms with Crippen LogP contribution in [-0.2, 0) is 3.79 Å². The molecule has 3 aromatic rings. The van der Waals surface area contributed by atoms with Gasteiger partial charge in [-0.1, -0.05) is 64.2 Å². The molecule has 0 aliphatic rings. The predicted molar refractivity (Wildman–Crippen MR) is 74.3 cm³/mol. The van der Waals surface area contributed by atoms with E-state index in [0.29, 0.717) is 5.69 Å². The minimum Gasteiger partial charge on any atom is -0.334 e. The topological polar surface area (TPSA) is 51.8 Å². The molecular weight excluding hydrogens is 309 g/mol. The van der Waals surface area contributed by atoms with Crippen molar-refractivity contribution >= 4 is 45.7 Å². The molecule has 0 saturated heterocycles. The number of fused-ring (bicyclic) bond motifs is 1. The molecule has 0 saturated carbocycles. The highest BCUT2D eigenvalue weighted by atomic mass is 35.6. The molecule has 2 heterocycles.